The van der Waals surface area contributed by atoms with Crippen LogP contribution in [0.3, 0.4) is 0 Å². The van der Waals surface area contributed by atoms with Crippen LogP contribution in [0.1, 0.15) is 19.3 Å². The molecule has 1 saturated heterocycles. The average Bonchev–Trinajstić information content (AvgIpc) is 2.51. The second-order valence-electron chi connectivity index (χ2n) is 5.18. The first kappa shape index (κ1) is 21.8. The van der Waals surface area contributed by atoms with E-state index >= 15 is 0 Å². The summed E-state index contributed by atoms with van der Waals surface area (Å²) in [5, 5.41) is 10.1. The third-order valence-electron chi connectivity index (χ3n) is 3.22. The molecule has 2 unspecified atom stereocenters. The van der Waals surface area contributed by atoms with E-state index in [1.807, 2.05) is 0 Å². The Kier molecular flexibility index (Phi) is 7.78. The third kappa shape index (κ3) is 6.53. The number of alkyl halides is 3. The van der Waals surface area contributed by atoms with Gasteiger partial charge in [-0.15, -0.1) is 5.59 Å². The first-order valence-corrected chi connectivity index (χ1v) is 8.77. The minimum Gasteiger partial charge on any atom is -0.480 e. The molecule has 1 aliphatic heterocycles. The van der Waals surface area contributed by atoms with Crippen molar-refractivity contribution < 1.29 is 46.7 Å². The number of methoxy groups -OCH3 is 1. The maximum absolute atomic E-state index is 12.6. The largest absolute Gasteiger partial charge is 0.480 e. The van der Waals surface area contributed by atoms with Gasteiger partial charge in [0.15, 0.2) is 0 Å². The Morgan fingerprint density at radius 2 is 1.88 bits per heavy atom. The number of carbonyl (C=O) groups excluding carboxylic acids is 1. The molecule has 10 nitrogen and oxygen atoms in total. The minimum atomic E-state index is -5.47. The SMILES string of the molecule is COC(N(CC(=O)O)C(=O)C(F)(F)F)P(=O)(O)ONN1CCCCC1. The van der Waals surface area contributed by atoms with Crippen LogP contribution >= 0.6 is 7.60 Å². The normalized spacial score (nSPS) is 19.9. The molecular formula is C11H19F3N3O7P. The van der Waals surface area contributed by atoms with Gasteiger partial charge in [0.1, 0.15) is 6.54 Å². The number of hydrazine groups is 1. The van der Waals surface area contributed by atoms with Gasteiger partial charge in [0, 0.05) is 20.2 Å². The smallest absolute Gasteiger partial charge is 0.471 e. The zero-order chi connectivity index (χ0) is 19.3. The highest BCUT2D eigenvalue weighted by atomic mass is 31.2. The van der Waals surface area contributed by atoms with Crippen molar-refractivity contribution in [2.45, 2.75) is 31.4 Å². The maximum atomic E-state index is 12.6. The van der Waals surface area contributed by atoms with E-state index in [2.05, 4.69) is 15.0 Å². The molecule has 0 aliphatic carbocycles. The van der Waals surface area contributed by atoms with Crippen molar-refractivity contribution in [1.29, 1.82) is 0 Å². The highest BCUT2D eigenvalue weighted by Gasteiger charge is 2.51. The monoisotopic (exact) mass is 393 g/mol. The van der Waals surface area contributed by atoms with Gasteiger partial charge in [-0.1, -0.05) is 6.42 Å². The van der Waals surface area contributed by atoms with Crippen LogP contribution in [0.25, 0.3) is 0 Å². The number of aliphatic carboxylic acids is 1. The van der Waals surface area contributed by atoms with Crippen molar-refractivity contribution in [3.63, 3.8) is 0 Å². The zero-order valence-corrected chi connectivity index (χ0v) is 14.1. The lowest BCUT2D eigenvalue weighted by molar-refractivity contribution is -0.194. The second-order valence-corrected chi connectivity index (χ2v) is 6.93. The number of carboxylic acids is 1. The predicted molar refractivity (Wildman–Crippen MR) is 75.7 cm³/mol. The summed E-state index contributed by atoms with van der Waals surface area (Å²) in [6.07, 6.45) is -2.97. The van der Waals surface area contributed by atoms with E-state index in [0.29, 0.717) is 13.1 Å². The lowest BCUT2D eigenvalue weighted by atomic mass is 10.2. The van der Waals surface area contributed by atoms with Gasteiger partial charge in [-0.05, 0) is 12.8 Å². The highest BCUT2D eigenvalue weighted by molar-refractivity contribution is 7.53. The number of rotatable bonds is 8. The number of nitrogens with zero attached hydrogens (tertiary/aromatic N) is 2. The first-order valence-electron chi connectivity index (χ1n) is 7.13. The van der Waals surface area contributed by atoms with Gasteiger partial charge in [-0.2, -0.15) is 13.2 Å². The molecular weight excluding hydrogens is 374 g/mol. The van der Waals surface area contributed by atoms with Crippen LogP contribution in [0.5, 0.6) is 0 Å². The van der Waals surface area contributed by atoms with Gasteiger partial charge in [0.05, 0.1) is 0 Å². The fraction of sp³-hybridized carbons (Fsp3) is 0.818. The zero-order valence-electron chi connectivity index (χ0n) is 13.2. The van der Waals surface area contributed by atoms with Gasteiger partial charge in [0.25, 0.3) is 0 Å². The summed E-state index contributed by atoms with van der Waals surface area (Å²) in [6.45, 7) is -0.565. The van der Waals surface area contributed by atoms with E-state index in [1.54, 1.807) is 0 Å². The van der Waals surface area contributed by atoms with Crippen LogP contribution in [-0.4, -0.2) is 70.7 Å². The van der Waals surface area contributed by atoms with Gasteiger partial charge < -0.3 is 14.7 Å². The third-order valence-corrected chi connectivity index (χ3v) is 4.61. The second kappa shape index (κ2) is 8.92. The molecule has 0 aromatic carbocycles. The van der Waals surface area contributed by atoms with Crippen molar-refractivity contribution in [2.24, 2.45) is 0 Å². The summed E-state index contributed by atoms with van der Waals surface area (Å²) in [5.41, 5.74) is 2.14. The summed E-state index contributed by atoms with van der Waals surface area (Å²) in [5.74, 6) is -6.93. The van der Waals surface area contributed by atoms with Crippen LogP contribution in [0, 0.1) is 0 Å². The predicted octanol–water partition coefficient (Wildman–Crippen LogP) is 0.499. The number of ether oxygens (including phenoxy) is 1. The molecule has 14 heteroatoms. The number of carbonyl (C=O) groups is 2. The number of nitrogens with one attached hydrogen (secondary N) is 1. The fourth-order valence-corrected chi connectivity index (χ4v) is 3.27. The first-order chi connectivity index (χ1) is 11.5. The summed E-state index contributed by atoms with van der Waals surface area (Å²) in [7, 11) is -4.29. The van der Waals surface area contributed by atoms with Gasteiger partial charge in [-0.3, -0.25) is 19.1 Å². The maximum Gasteiger partial charge on any atom is 0.471 e. The molecule has 0 saturated carbocycles. The van der Waals surface area contributed by atoms with Gasteiger partial charge in [0.2, 0.25) is 5.97 Å². The number of hydrogen-bond acceptors (Lipinski definition) is 7. The summed E-state index contributed by atoms with van der Waals surface area (Å²) >= 11 is 0. The lowest BCUT2D eigenvalue weighted by Crippen LogP contribution is -2.51. The Balaban J connectivity index is 2.92. The molecule has 0 spiro atoms. The molecule has 3 N–H and O–H groups in total. The van der Waals surface area contributed by atoms with Gasteiger partial charge >= 0.3 is 25.6 Å². The van der Waals surface area contributed by atoms with E-state index in [4.69, 9.17) is 5.11 Å². The molecule has 1 rings (SSSR count). The Hall–Kier alpha value is -1.24. The molecule has 0 radical (unpaired) electrons. The van der Waals surface area contributed by atoms with E-state index in [0.717, 1.165) is 26.4 Å². The number of carboxylic acid groups (broad SMARTS) is 1. The van der Waals surface area contributed by atoms with E-state index in [9.17, 15) is 32.2 Å². The molecule has 1 amide bonds. The number of halogens is 3. The van der Waals surface area contributed by atoms with E-state index in [-0.39, 0.29) is 0 Å². The molecule has 1 heterocycles. The lowest BCUT2D eigenvalue weighted by Gasteiger charge is -2.33. The fourth-order valence-electron chi connectivity index (χ4n) is 2.14. The number of amides is 1. The minimum absolute atomic E-state index is 0.416. The van der Waals surface area contributed by atoms with Crippen molar-refractivity contribution >= 4 is 19.5 Å². The van der Waals surface area contributed by atoms with Crippen LogP contribution in [0.2, 0.25) is 0 Å². The Labute approximate surface area is 140 Å². The van der Waals surface area contributed by atoms with Crippen LogP contribution < -0.4 is 5.59 Å². The van der Waals surface area contributed by atoms with E-state index in [1.165, 1.54) is 5.01 Å². The molecule has 0 aromatic rings. The molecule has 1 fully saturated rings. The summed E-state index contributed by atoms with van der Waals surface area (Å²) in [4.78, 5) is 31.6. The standard InChI is InChI=1S/C11H19F3N3O7P/c1-23-10(17(7-8(18)19)9(20)11(12,13)14)25(21,22)24-15-16-5-3-2-4-6-16/h10,15H,2-7H2,1H3,(H,18,19)(H,21,22). The molecule has 0 bridgehead atoms. The van der Waals surface area contributed by atoms with Crippen molar-refractivity contribution in [1.82, 2.24) is 15.5 Å². The van der Waals surface area contributed by atoms with Crippen LogP contribution in [-0.2, 0) is 23.5 Å². The molecule has 146 valence electrons. The molecule has 25 heavy (non-hydrogen) atoms. The number of piperidine rings is 1. The Morgan fingerprint density at radius 1 is 1.32 bits per heavy atom. The average molecular weight is 393 g/mol. The quantitative estimate of drug-likeness (QED) is 0.307. The van der Waals surface area contributed by atoms with Crippen LogP contribution in [0.15, 0.2) is 0 Å². The highest BCUT2D eigenvalue weighted by Crippen LogP contribution is 2.49. The molecule has 1 aliphatic rings. The van der Waals surface area contributed by atoms with Crippen molar-refractivity contribution in [2.75, 3.05) is 26.7 Å². The van der Waals surface area contributed by atoms with Crippen molar-refractivity contribution in [3.05, 3.63) is 0 Å². The molecule has 2 atom stereocenters. The topological polar surface area (TPSA) is 129 Å². The number of hydrogen-bond donors (Lipinski definition) is 3. The van der Waals surface area contributed by atoms with Crippen LogP contribution in [0.4, 0.5) is 13.2 Å². The Morgan fingerprint density at radius 3 is 2.32 bits per heavy atom. The van der Waals surface area contributed by atoms with E-state index < -0.39 is 43.1 Å². The Bertz CT molecular complexity index is 528. The van der Waals surface area contributed by atoms with Gasteiger partial charge in [-0.25, -0.2) is 9.63 Å². The summed E-state index contributed by atoms with van der Waals surface area (Å²) in [6, 6.07) is 0. The molecule has 0 aromatic heterocycles. The summed E-state index contributed by atoms with van der Waals surface area (Å²) < 4.78 is 59.1. The van der Waals surface area contributed by atoms with Crippen molar-refractivity contribution in [3.8, 4) is 0 Å².